The van der Waals surface area contributed by atoms with Gasteiger partial charge < -0.3 is 4.74 Å². The average molecular weight is 581 g/mol. The van der Waals surface area contributed by atoms with Crippen molar-refractivity contribution in [2.24, 2.45) is 0 Å². The van der Waals surface area contributed by atoms with Crippen LogP contribution < -0.4 is 4.74 Å². The van der Waals surface area contributed by atoms with Gasteiger partial charge in [-0.15, -0.1) is 11.3 Å². The van der Waals surface area contributed by atoms with Crippen molar-refractivity contribution in [2.75, 3.05) is 0 Å². The maximum atomic E-state index is 6.51. The molecule has 7 aromatic carbocycles. The fraction of sp³-hybridized carbons (Fsp3) is 0.0476. The van der Waals surface area contributed by atoms with Gasteiger partial charge in [-0.25, -0.2) is 0 Å². The molecule has 2 heterocycles. The molecule has 0 unspecified atom stereocenters. The van der Waals surface area contributed by atoms with Crippen molar-refractivity contribution in [3.8, 4) is 16.9 Å². The summed E-state index contributed by atoms with van der Waals surface area (Å²) in [5.41, 5.74) is 6.28. The number of thiophene rings is 1. The summed E-state index contributed by atoms with van der Waals surface area (Å²) in [4.78, 5) is 0. The van der Waals surface area contributed by atoms with Crippen LogP contribution >= 0.6 is 11.3 Å². The van der Waals surface area contributed by atoms with Crippen LogP contribution in [0.2, 0.25) is 0 Å². The highest BCUT2D eigenvalue weighted by Gasteiger charge is 2.20. The van der Waals surface area contributed by atoms with Crippen molar-refractivity contribution in [1.29, 1.82) is 0 Å². The van der Waals surface area contributed by atoms with E-state index in [0.717, 1.165) is 17.9 Å². The summed E-state index contributed by atoms with van der Waals surface area (Å²) >= 11 is 1.86. The Kier molecular flexibility index (Phi) is 5.72. The fourth-order valence-electron chi connectivity index (χ4n) is 7.08. The largest absolute Gasteiger partial charge is 0.461 e. The van der Waals surface area contributed by atoms with Crippen molar-refractivity contribution in [2.45, 2.75) is 13.3 Å². The molecule has 0 atom stereocenters. The van der Waals surface area contributed by atoms with E-state index >= 15 is 0 Å². The van der Waals surface area contributed by atoms with Gasteiger partial charge in [-0.1, -0.05) is 109 Å². The second-order valence-electron chi connectivity index (χ2n) is 11.7. The lowest BCUT2D eigenvalue weighted by Crippen LogP contribution is -1.92. The lowest BCUT2D eigenvalue weighted by molar-refractivity contribution is 0.447. The molecule has 0 amide bonds. The Bertz CT molecular complexity index is 2440. The number of rotatable bonds is 3. The van der Waals surface area contributed by atoms with Crippen LogP contribution in [-0.2, 0) is 6.42 Å². The van der Waals surface area contributed by atoms with E-state index in [4.69, 9.17) is 4.74 Å². The predicted molar refractivity (Wildman–Crippen MR) is 190 cm³/mol. The van der Waals surface area contributed by atoms with Crippen LogP contribution in [-0.4, -0.2) is 0 Å². The zero-order valence-electron chi connectivity index (χ0n) is 24.3. The van der Waals surface area contributed by atoms with Gasteiger partial charge in [0.1, 0.15) is 11.5 Å². The number of ether oxygens (including phenoxy) is 1. The Balaban J connectivity index is 1.15. The molecule has 1 aliphatic heterocycles. The molecule has 0 aliphatic carbocycles. The molecular weight excluding hydrogens is 553 g/mol. The quantitative estimate of drug-likeness (QED) is 0.189. The van der Waals surface area contributed by atoms with Crippen molar-refractivity contribution in [3.05, 3.63) is 156 Å². The standard InChI is InChI=1S/C42H28OS/c1-26(40-31-13-5-7-15-33(31)41(27-11-3-2-4-12-27)34-16-8-6-14-32(34)40)19-21-30-24-29-23-28-20-22-39-42(36(28)25-37(29)43-30)35-17-9-10-18-38(35)44-39/h2-23,25H,24H2,1H3/b26-19+,30-21+. The van der Waals surface area contributed by atoms with Gasteiger partial charge >= 0.3 is 0 Å². The van der Waals surface area contributed by atoms with E-state index in [9.17, 15) is 0 Å². The molecule has 0 N–H and O–H groups in total. The lowest BCUT2D eigenvalue weighted by atomic mass is 9.86. The van der Waals surface area contributed by atoms with Crippen LogP contribution in [0.5, 0.6) is 5.75 Å². The van der Waals surface area contributed by atoms with E-state index in [1.54, 1.807) is 0 Å². The molecule has 9 rings (SSSR count). The molecule has 0 radical (unpaired) electrons. The number of allylic oxidation sites excluding steroid dienone is 4. The normalized spacial score (nSPS) is 14.3. The molecule has 44 heavy (non-hydrogen) atoms. The molecule has 208 valence electrons. The fourth-order valence-corrected chi connectivity index (χ4v) is 8.21. The molecule has 1 aliphatic rings. The van der Waals surface area contributed by atoms with E-state index in [-0.39, 0.29) is 0 Å². The maximum Gasteiger partial charge on any atom is 0.131 e. The number of benzene rings is 7. The van der Waals surface area contributed by atoms with Gasteiger partial charge in [0.05, 0.1) is 0 Å². The van der Waals surface area contributed by atoms with Gasteiger partial charge in [-0.2, -0.15) is 0 Å². The summed E-state index contributed by atoms with van der Waals surface area (Å²) in [5, 5.41) is 10.3. The van der Waals surface area contributed by atoms with Crippen LogP contribution in [0, 0.1) is 0 Å². The zero-order chi connectivity index (χ0) is 29.2. The third kappa shape index (κ3) is 3.92. The van der Waals surface area contributed by atoms with E-state index in [0.29, 0.717) is 0 Å². The number of hydrogen-bond acceptors (Lipinski definition) is 2. The monoisotopic (exact) mass is 580 g/mol. The summed E-state index contributed by atoms with van der Waals surface area (Å²) in [6, 6.07) is 46.2. The number of hydrogen-bond donors (Lipinski definition) is 0. The summed E-state index contributed by atoms with van der Waals surface area (Å²) in [6.07, 6.45) is 5.21. The van der Waals surface area contributed by atoms with Crippen molar-refractivity contribution < 1.29 is 4.74 Å². The first-order valence-electron chi connectivity index (χ1n) is 15.1. The minimum Gasteiger partial charge on any atom is -0.461 e. The average Bonchev–Trinajstić information content (AvgIpc) is 3.66. The summed E-state index contributed by atoms with van der Waals surface area (Å²) in [6.45, 7) is 2.22. The minimum absolute atomic E-state index is 0.798. The van der Waals surface area contributed by atoms with Crippen molar-refractivity contribution >= 4 is 69.4 Å². The van der Waals surface area contributed by atoms with Crippen molar-refractivity contribution in [1.82, 2.24) is 0 Å². The predicted octanol–water partition coefficient (Wildman–Crippen LogP) is 12.1. The first-order chi connectivity index (χ1) is 21.7. The highest BCUT2D eigenvalue weighted by molar-refractivity contribution is 7.26. The van der Waals surface area contributed by atoms with Gasteiger partial charge in [0.2, 0.25) is 0 Å². The molecule has 0 fully saturated rings. The molecule has 0 bridgehead atoms. The Labute approximate surface area is 260 Å². The van der Waals surface area contributed by atoms with Gasteiger partial charge in [0.15, 0.2) is 0 Å². The van der Waals surface area contributed by atoms with Crippen LogP contribution in [0.4, 0.5) is 0 Å². The molecule has 0 saturated carbocycles. The second-order valence-corrected chi connectivity index (χ2v) is 12.8. The summed E-state index contributed by atoms with van der Waals surface area (Å²) in [7, 11) is 0. The zero-order valence-corrected chi connectivity index (χ0v) is 25.1. The molecule has 1 aromatic heterocycles. The van der Waals surface area contributed by atoms with E-state index in [1.807, 2.05) is 11.3 Å². The highest BCUT2D eigenvalue weighted by Crippen LogP contribution is 2.44. The first-order valence-corrected chi connectivity index (χ1v) is 16.0. The molecule has 0 spiro atoms. The molecule has 2 heteroatoms. The van der Waals surface area contributed by atoms with Crippen LogP contribution in [0.3, 0.4) is 0 Å². The highest BCUT2D eigenvalue weighted by atomic mass is 32.1. The van der Waals surface area contributed by atoms with Gasteiger partial charge in [-0.05, 0) is 91.8 Å². The van der Waals surface area contributed by atoms with Gasteiger partial charge in [0, 0.05) is 32.2 Å². The smallest absolute Gasteiger partial charge is 0.131 e. The summed E-state index contributed by atoms with van der Waals surface area (Å²) < 4.78 is 9.16. The van der Waals surface area contributed by atoms with Gasteiger partial charge in [-0.3, -0.25) is 0 Å². The third-order valence-electron chi connectivity index (χ3n) is 9.05. The number of fused-ring (bicyclic) bond motifs is 8. The van der Waals surface area contributed by atoms with Crippen LogP contribution in [0.25, 0.3) is 69.2 Å². The maximum absolute atomic E-state index is 6.51. The topological polar surface area (TPSA) is 9.23 Å². The minimum atomic E-state index is 0.798. The van der Waals surface area contributed by atoms with E-state index in [1.165, 1.54) is 80.3 Å². The third-order valence-corrected chi connectivity index (χ3v) is 10.2. The molecule has 8 aromatic rings. The Morgan fingerprint density at radius 2 is 1.30 bits per heavy atom. The molecule has 1 nitrogen and oxygen atoms in total. The van der Waals surface area contributed by atoms with Gasteiger partial charge in [0.25, 0.3) is 0 Å². The van der Waals surface area contributed by atoms with Crippen molar-refractivity contribution in [3.63, 3.8) is 0 Å². The lowest BCUT2D eigenvalue weighted by Gasteiger charge is -2.17. The van der Waals surface area contributed by atoms with Crippen LogP contribution in [0.1, 0.15) is 18.1 Å². The van der Waals surface area contributed by atoms with E-state index in [2.05, 4.69) is 146 Å². The SMILES string of the molecule is C/C(=C\C=C1/Cc2cc3ccc4sc5ccccc5c4c3cc2O1)c1c2ccccc2c(-c2ccccc2)c2ccccc12. The Morgan fingerprint density at radius 3 is 2.05 bits per heavy atom. The van der Waals surface area contributed by atoms with Crippen LogP contribution in [0.15, 0.2) is 145 Å². The Morgan fingerprint density at radius 1 is 0.636 bits per heavy atom. The van der Waals surface area contributed by atoms with E-state index < -0.39 is 0 Å². The Hall–Kier alpha value is -5.18. The first kappa shape index (κ1) is 25.3. The molecule has 0 saturated heterocycles. The molecular formula is C42H28OS. The second kappa shape index (κ2) is 9.94. The summed E-state index contributed by atoms with van der Waals surface area (Å²) in [5.74, 6) is 1.95.